The maximum atomic E-state index is 13.3. The number of carbonyl (C=O) groups is 1. The number of fused-ring (bicyclic) bond motifs is 1. The van der Waals surface area contributed by atoms with Gasteiger partial charge in [-0.1, -0.05) is 0 Å². The lowest BCUT2D eigenvalue weighted by Gasteiger charge is -2.27. The molecule has 0 radical (unpaired) electrons. The number of halogens is 3. The van der Waals surface area contributed by atoms with Crippen LogP contribution < -0.4 is 15.4 Å². The zero-order valence-corrected chi connectivity index (χ0v) is 15.1. The molecule has 8 nitrogen and oxygen atoms in total. The van der Waals surface area contributed by atoms with E-state index in [2.05, 4.69) is 25.6 Å². The van der Waals surface area contributed by atoms with Gasteiger partial charge >= 0.3 is 0 Å². The van der Waals surface area contributed by atoms with Crippen molar-refractivity contribution in [3.05, 3.63) is 71.3 Å². The van der Waals surface area contributed by atoms with Crippen molar-refractivity contribution in [2.24, 2.45) is 0 Å². The Morgan fingerprint density at radius 2 is 1.79 bits per heavy atom. The quantitative estimate of drug-likeness (QED) is 0.483. The lowest BCUT2D eigenvalue weighted by atomic mass is 10.1. The number of nitrogens with one attached hydrogen (secondary N) is 4. The first kappa shape index (κ1) is 19.0. The molecule has 29 heavy (non-hydrogen) atoms. The summed E-state index contributed by atoms with van der Waals surface area (Å²) in [5.74, 6) is -5.42. The fraction of sp³-hybridized carbons (Fsp3) is 0.0588. The van der Waals surface area contributed by atoms with Gasteiger partial charge in [0.25, 0.3) is 5.91 Å². The fourth-order valence-corrected chi connectivity index (χ4v) is 4.13. The fourth-order valence-electron chi connectivity index (χ4n) is 2.81. The Kier molecular flexibility index (Phi) is 4.51. The highest BCUT2D eigenvalue weighted by atomic mass is 32.2. The molecular formula is C17H12F3N5O3S. The first-order chi connectivity index (χ1) is 13.7. The normalized spacial score (nSPS) is 17.3. The van der Waals surface area contributed by atoms with Crippen LogP contribution in [0.5, 0.6) is 0 Å². The van der Waals surface area contributed by atoms with Crippen LogP contribution in [0.4, 0.5) is 24.5 Å². The number of anilines is 2. The second-order valence-corrected chi connectivity index (χ2v) is 7.81. The van der Waals surface area contributed by atoms with Crippen molar-refractivity contribution in [2.75, 3.05) is 10.6 Å². The molecule has 0 saturated carbocycles. The highest BCUT2D eigenvalue weighted by Crippen LogP contribution is 2.31. The minimum atomic E-state index is -3.98. The molecule has 1 aromatic heterocycles. The average Bonchev–Trinajstić information content (AvgIpc) is 3.20. The Balaban J connectivity index is 1.62. The molecule has 4 rings (SSSR count). The highest BCUT2D eigenvalue weighted by Gasteiger charge is 2.31. The molecule has 2 aromatic carbocycles. The monoisotopic (exact) mass is 423 g/mol. The second kappa shape index (κ2) is 6.90. The number of hydrogen-bond donors (Lipinski definition) is 4. The lowest BCUT2D eigenvalue weighted by molar-refractivity contribution is 0.102. The molecule has 12 heteroatoms. The molecular weight excluding hydrogens is 411 g/mol. The molecule has 150 valence electrons. The minimum Gasteiger partial charge on any atom is -0.363 e. The molecule has 1 aliphatic rings. The maximum absolute atomic E-state index is 13.3. The van der Waals surface area contributed by atoms with E-state index in [1.165, 1.54) is 18.3 Å². The summed E-state index contributed by atoms with van der Waals surface area (Å²) in [6.07, 6.45) is 0.690. The number of hydrogen-bond acceptors (Lipinski definition) is 5. The Morgan fingerprint density at radius 3 is 2.45 bits per heavy atom. The predicted octanol–water partition coefficient (Wildman–Crippen LogP) is 2.48. The number of sulfonamides is 1. The number of aromatic nitrogens is 2. The molecule has 0 saturated heterocycles. The summed E-state index contributed by atoms with van der Waals surface area (Å²) in [6.45, 7) is 0. The summed E-state index contributed by atoms with van der Waals surface area (Å²) < 4.78 is 67.2. The Bertz CT molecular complexity index is 1190. The van der Waals surface area contributed by atoms with E-state index in [0.29, 0.717) is 17.8 Å². The predicted molar refractivity (Wildman–Crippen MR) is 96.0 cm³/mol. The molecule has 0 bridgehead atoms. The largest absolute Gasteiger partial charge is 0.363 e. The first-order valence-electron chi connectivity index (χ1n) is 8.13. The van der Waals surface area contributed by atoms with Gasteiger partial charge in [0.2, 0.25) is 10.0 Å². The van der Waals surface area contributed by atoms with E-state index < -0.39 is 39.5 Å². The number of rotatable bonds is 3. The van der Waals surface area contributed by atoms with E-state index in [-0.39, 0.29) is 21.8 Å². The van der Waals surface area contributed by atoms with Crippen LogP contribution in [-0.2, 0) is 10.0 Å². The van der Waals surface area contributed by atoms with Crippen LogP contribution in [0.2, 0.25) is 0 Å². The summed E-state index contributed by atoms with van der Waals surface area (Å²) in [5, 5.41) is 11.6. The molecule has 0 fully saturated rings. The molecule has 1 unspecified atom stereocenters. The van der Waals surface area contributed by atoms with Crippen LogP contribution in [0.25, 0.3) is 0 Å². The van der Waals surface area contributed by atoms with Crippen LogP contribution in [0.3, 0.4) is 0 Å². The standard InChI is InChI=1S/C17H12F3N5O3S/c18-10-6-9(7-11(19)15(10)20)22-17(26)8-1-2-12-14(5-8)29(27,28)25-16(23-12)13-3-4-21-24-13/h1-7,16,23,25H,(H,21,24)(H,22,26). The SMILES string of the molecule is O=C(Nc1cc(F)c(F)c(F)c1)c1ccc2c(c1)S(=O)(=O)NC(c1ccn[nH]1)N2. The second-order valence-electron chi connectivity index (χ2n) is 6.13. The van der Waals surface area contributed by atoms with Crippen LogP contribution in [0.1, 0.15) is 22.2 Å². The van der Waals surface area contributed by atoms with Crippen LogP contribution >= 0.6 is 0 Å². The number of amides is 1. The van der Waals surface area contributed by atoms with Crippen molar-refractivity contribution >= 4 is 27.3 Å². The van der Waals surface area contributed by atoms with Gasteiger partial charge in [-0.15, -0.1) is 0 Å². The third kappa shape index (κ3) is 3.54. The van der Waals surface area contributed by atoms with Crippen LogP contribution in [0, 0.1) is 17.5 Å². The topological polar surface area (TPSA) is 116 Å². The number of aromatic amines is 1. The maximum Gasteiger partial charge on any atom is 0.255 e. The van der Waals surface area contributed by atoms with E-state index in [9.17, 15) is 26.4 Å². The summed E-state index contributed by atoms with van der Waals surface area (Å²) in [5.41, 5.74) is 0.337. The number of benzene rings is 2. The van der Waals surface area contributed by atoms with Gasteiger partial charge in [0.1, 0.15) is 11.1 Å². The van der Waals surface area contributed by atoms with Crippen LogP contribution in [0.15, 0.2) is 47.5 Å². The van der Waals surface area contributed by atoms with Gasteiger partial charge in [-0.05, 0) is 24.3 Å². The Morgan fingerprint density at radius 1 is 1.07 bits per heavy atom. The van der Waals surface area contributed by atoms with E-state index in [1.54, 1.807) is 6.07 Å². The van der Waals surface area contributed by atoms with Gasteiger partial charge in [0.15, 0.2) is 17.5 Å². The highest BCUT2D eigenvalue weighted by molar-refractivity contribution is 7.89. The van der Waals surface area contributed by atoms with Gasteiger partial charge in [0.05, 0.1) is 11.4 Å². The first-order valence-corrected chi connectivity index (χ1v) is 9.61. The molecule has 1 aliphatic heterocycles. The average molecular weight is 423 g/mol. The van der Waals surface area contributed by atoms with Crippen molar-refractivity contribution in [2.45, 2.75) is 11.1 Å². The summed E-state index contributed by atoms with van der Waals surface area (Å²) >= 11 is 0. The number of H-pyrrole nitrogens is 1. The van der Waals surface area contributed by atoms with Crippen molar-refractivity contribution in [3.63, 3.8) is 0 Å². The molecule has 1 atom stereocenters. The van der Waals surface area contributed by atoms with E-state index >= 15 is 0 Å². The van der Waals surface area contributed by atoms with E-state index in [0.717, 1.165) is 6.07 Å². The Labute approximate surface area is 162 Å². The summed E-state index contributed by atoms with van der Waals surface area (Å²) in [6, 6.07) is 6.65. The number of nitrogens with zero attached hydrogens (tertiary/aromatic N) is 1. The van der Waals surface area contributed by atoms with Gasteiger partial charge < -0.3 is 10.6 Å². The van der Waals surface area contributed by atoms with E-state index in [4.69, 9.17) is 0 Å². The summed E-state index contributed by atoms with van der Waals surface area (Å²) in [4.78, 5) is 12.2. The molecule has 0 spiro atoms. The summed E-state index contributed by atoms with van der Waals surface area (Å²) in [7, 11) is -3.98. The third-order valence-corrected chi connectivity index (χ3v) is 5.64. The van der Waals surface area contributed by atoms with Crippen molar-refractivity contribution in [3.8, 4) is 0 Å². The van der Waals surface area contributed by atoms with Gasteiger partial charge in [-0.25, -0.2) is 21.6 Å². The van der Waals surface area contributed by atoms with E-state index in [1.807, 2.05) is 0 Å². The molecule has 0 aliphatic carbocycles. The van der Waals surface area contributed by atoms with Crippen molar-refractivity contribution in [1.82, 2.24) is 14.9 Å². The minimum absolute atomic E-state index is 0.0824. The molecule has 3 aromatic rings. The van der Waals surface area contributed by atoms with Crippen molar-refractivity contribution < 1.29 is 26.4 Å². The van der Waals surface area contributed by atoms with Crippen molar-refractivity contribution in [1.29, 1.82) is 0 Å². The third-order valence-electron chi connectivity index (χ3n) is 4.18. The molecule has 4 N–H and O–H groups in total. The van der Waals surface area contributed by atoms with Gasteiger partial charge in [0, 0.05) is 29.6 Å². The smallest absolute Gasteiger partial charge is 0.255 e. The Hall–Kier alpha value is -3.38. The molecule has 2 heterocycles. The van der Waals surface area contributed by atoms with Gasteiger partial charge in [-0.3, -0.25) is 9.89 Å². The zero-order valence-electron chi connectivity index (χ0n) is 14.3. The van der Waals surface area contributed by atoms with Gasteiger partial charge in [-0.2, -0.15) is 9.82 Å². The van der Waals surface area contributed by atoms with Crippen LogP contribution in [-0.4, -0.2) is 24.5 Å². The lowest BCUT2D eigenvalue weighted by Crippen LogP contribution is -2.38. The zero-order chi connectivity index (χ0) is 20.8. The molecule has 1 amide bonds. The number of carbonyl (C=O) groups excluding carboxylic acids is 1.